The van der Waals surface area contributed by atoms with E-state index in [-0.39, 0.29) is 23.4 Å². The molecule has 1 aliphatic heterocycles. The van der Waals surface area contributed by atoms with Gasteiger partial charge in [-0.3, -0.25) is 0 Å². The number of hydrogen-bond acceptors (Lipinski definition) is 3. The molecule has 4 atom stereocenters. The Bertz CT molecular complexity index is 547. The molecule has 1 heterocycles. The van der Waals surface area contributed by atoms with Crippen molar-refractivity contribution in [2.75, 3.05) is 13.2 Å². The van der Waals surface area contributed by atoms with Crippen LogP contribution in [0.3, 0.4) is 0 Å². The Balaban J connectivity index is 1.83. The summed E-state index contributed by atoms with van der Waals surface area (Å²) in [5.74, 6) is 1.11. The third kappa shape index (κ3) is 2.67. The summed E-state index contributed by atoms with van der Waals surface area (Å²) in [6.45, 7) is 7.78. The number of allylic oxidation sites excluding steroid dienone is 1. The van der Waals surface area contributed by atoms with Crippen LogP contribution in [0.15, 0.2) is 23.3 Å². The second-order valence-electron chi connectivity index (χ2n) is 8.21. The second kappa shape index (κ2) is 6.08. The van der Waals surface area contributed by atoms with E-state index in [2.05, 4.69) is 26.8 Å². The van der Waals surface area contributed by atoms with Gasteiger partial charge in [0.05, 0.1) is 6.61 Å². The lowest BCUT2D eigenvalue weighted by Gasteiger charge is -2.58. The number of fused-ring (bicyclic) bond motifs is 1. The minimum atomic E-state index is -0.126. The molecule has 128 valence electrons. The quantitative estimate of drug-likeness (QED) is 0.629. The first-order valence-electron chi connectivity index (χ1n) is 9.08. The molecule has 1 N–H and O–H groups in total. The van der Waals surface area contributed by atoms with Crippen LogP contribution in [0, 0.1) is 22.7 Å². The predicted molar refractivity (Wildman–Crippen MR) is 90.8 cm³/mol. The molecule has 0 amide bonds. The zero-order valence-corrected chi connectivity index (χ0v) is 14.7. The van der Waals surface area contributed by atoms with Gasteiger partial charge in [0, 0.05) is 5.57 Å². The van der Waals surface area contributed by atoms with Gasteiger partial charge in [-0.05, 0) is 72.8 Å². The van der Waals surface area contributed by atoms with Crippen LogP contribution in [-0.2, 0) is 9.53 Å². The van der Waals surface area contributed by atoms with Crippen molar-refractivity contribution in [2.45, 2.75) is 59.3 Å². The van der Waals surface area contributed by atoms with E-state index in [4.69, 9.17) is 4.74 Å². The van der Waals surface area contributed by atoms with Crippen molar-refractivity contribution in [1.82, 2.24) is 0 Å². The summed E-state index contributed by atoms with van der Waals surface area (Å²) in [6.07, 6.45) is 10.7. The first kappa shape index (κ1) is 16.8. The van der Waals surface area contributed by atoms with Gasteiger partial charge in [-0.25, -0.2) is 4.79 Å². The molecule has 0 bridgehead atoms. The fourth-order valence-corrected chi connectivity index (χ4v) is 5.45. The summed E-state index contributed by atoms with van der Waals surface area (Å²) in [5.41, 5.74) is 2.44. The number of carbonyl (C=O) groups is 1. The summed E-state index contributed by atoms with van der Waals surface area (Å²) < 4.78 is 5.05. The Morgan fingerprint density at radius 2 is 2.09 bits per heavy atom. The van der Waals surface area contributed by atoms with E-state index in [0.717, 1.165) is 24.8 Å². The molecule has 2 aliphatic carbocycles. The number of esters is 1. The van der Waals surface area contributed by atoms with E-state index in [1.807, 2.05) is 6.08 Å². The van der Waals surface area contributed by atoms with E-state index >= 15 is 0 Å². The molecule has 1 saturated carbocycles. The van der Waals surface area contributed by atoms with Crippen LogP contribution in [0.1, 0.15) is 59.3 Å². The van der Waals surface area contributed by atoms with Gasteiger partial charge < -0.3 is 9.84 Å². The maximum Gasteiger partial charge on any atom is 0.334 e. The van der Waals surface area contributed by atoms with E-state index in [1.165, 1.54) is 24.8 Å². The van der Waals surface area contributed by atoms with Crippen molar-refractivity contribution < 1.29 is 14.6 Å². The Hall–Kier alpha value is -1.09. The highest BCUT2D eigenvalue weighted by Gasteiger charge is 2.53. The molecule has 3 nitrogen and oxygen atoms in total. The molecule has 0 radical (unpaired) electrons. The number of carbonyl (C=O) groups excluding carboxylic acids is 1. The summed E-state index contributed by atoms with van der Waals surface area (Å²) in [6, 6.07) is 0. The Labute approximate surface area is 139 Å². The van der Waals surface area contributed by atoms with Crippen LogP contribution < -0.4 is 0 Å². The summed E-state index contributed by atoms with van der Waals surface area (Å²) in [4.78, 5) is 11.7. The Kier molecular flexibility index (Phi) is 4.43. The molecule has 0 saturated heterocycles. The van der Waals surface area contributed by atoms with Crippen molar-refractivity contribution >= 4 is 5.97 Å². The lowest BCUT2D eigenvalue weighted by molar-refractivity contribution is -0.136. The highest BCUT2D eigenvalue weighted by molar-refractivity contribution is 5.90. The fraction of sp³-hybridized carbons (Fsp3) is 0.750. The second-order valence-corrected chi connectivity index (χ2v) is 8.21. The monoisotopic (exact) mass is 318 g/mol. The maximum atomic E-state index is 11.7. The molecule has 1 fully saturated rings. The molecule has 0 aromatic carbocycles. The number of cyclic esters (lactones) is 1. The van der Waals surface area contributed by atoms with Gasteiger partial charge in [0.25, 0.3) is 0 Å². The molecular formula is C20H30O3. The molecule has 0 aromatic rings. The normalized spacial score (nSPS) is 40.3. The van der Waals surface area contributed by atoms with Crippen LogP contribution in [0.4, 0.5) is 0 Å². The number of rotatable bonds is 4. The van der Waals surface area contributed by atoms with Crippen molar-refractivity contribution in [3.8, 4) is 0 Å². The minimum absolute atomic E-state index is 0.124. The van der Waals surface area contributed by atoms with Crippen LogP contribution in [0.25, 0.3) is 0 Å². The predicted octanol–water partition coefficient (Wildman–Crippen LogP) is 4.02. The first-order chi connectivity index (χ1) is 10.9. The third-order valence-electron chi connectivity index (χ3n) is 7.28. The fourth-order valence-electron chi connectivity index (χ4n) is 5.45. The maximum absolute atomic E-state index is 11.7. The van der Waals surface area contributed by atoms with E-state index in [1.54, 1.807) is 0 Å². The largest absolute Gasteiger partial charge is 0.458 e. The van der Waals surface area contributed by atoms with Gasteiger partial charge in [0.1, 0.15) is 6.61 Å². The molecule has 0 unspecified atom stereocenters. The van der Waals surface area contributed by atoms with Crippen LogP contribution in [-0.4, -0.2) is 24.3 Å². The summed E-state index contributed by atoms with van der Waals surface area (Å²) in [7, 11) is 0. The number of aliphatic hydroxyl groups excluding tert-OH is 1. The van der Waals surface area contributed by atoms with E-state index in [9.17, 15) is 9.90 Å². The third-order valence-corrected chi connectivity index (χ3v) is 7.28. The molecular weight excluding hydrogens is 288 g/mol. The molecule has 23 heavy (non-hydrogen) atoms. The topological polar surface area (TPSA) is 46.5 Å². The van der Waals surface area contributed by atoms with Crippen molar-refractivity contribution in [2.24, 2.45) is 22.7 Å². The van der Waals surface area contributed by atoms with Crippen LogP contribution in [0.2, 0.25) is 0 Å². The number of hydrogen-bond donors (Lipinski definition) is 1. The molecule has 3 rings (SSSR count). The Morgan fingerprint density at radius 1 is 1.30 bits per heavy atom. The summed E-state index contributed by atoms with van der Waals surface area (Å²) >= 11 is 0. The number of ether oxygens (including phenoxy) is 1. The molecule has 3 heteroatoms. The van der Waals surface area contributed by atoms with E-state index in [0.29, 0.717) is 18.4 Å². The average Bonchev–Trinajstić information content (AvgIpc) is 2.94. The lowest BCUT2D eigenvalue weighted by Crippen LogP contribution is -2.50. The van der Waals surface area contributed by atoms with Gasteiger partial charge in [-0.1, -0.05) is 26.8 Å². The van der Waals surface area contributed by atoms with Crippen molar-refractivity contribution in [3.63, 3.8) is 0 Å². The zero-order valence-electron chi connectivity index (χ0n) is 14.7. The molecule has 0 aromatic heterocycles. The van der Waals surface area contributed by atoms with Gasteiger partial charge in [-0.15, -0.1) is 0 Å². The first-order valence-corrected chi connectivity index (χ1v) is 9.08. The molecule has 0 spiro atoms. The SMILES string of the molecule is C[C@@H]1CC[C@@]2(C)C(CO)=CCC[C@@H]2[C@@]1(C)CCC1=CCOC1=O. The van der Waals surface area contributed by atoms with Crippen LogP contribution >= 0.6 is 0 Å². The van der Waals surface area contributed by atoms with E-state index < -0.39 is 0 Å². The smallest absolute Gasteiger partial charge is 0.334 e. The van der Waals surface area contributed by atoms with Crippen LogP contribution in [0.5, 0.6) is 0 Å². The average molecular weight is 318 g/mol. The van der Waals surface area contributed by atoms with Gasteiger partial charge in [0.15, 0.2) is 0 Å². The van der Waals surface area contributed by atoms with Gasteiger partial charge in [-0.2, -0.15) is 0 Å². The lowest BCUT2D eigenvalue weighted by atomic mass is 9.47. The highest BCUT2D eigenvalue weighted by atomic mass is 16.5. The van der Waals surface area contributed by atoms with Crippen molar-refractivity contribution in [1.29, 1.82) is 0 Å². The molecule has 3 aliphatic rings. The standard InChI is InChI=1S/C20H30O3/c1-14-7-10-20(3)16(13-21)5-4-6-17(20)19(14,2)11-8-15-9-12-23-18(15)22/h5,9,14,17,21H,4,6-8,10-13H2,1-3H3/t14-,17-,19+,20+/m1/s1. The van der Waals surface area contributed by atoms with Gasteiger partial charge >= 0.3 is 5.97 Å². The highest BCUT2D eigenvalue weighted by Crippen LogP contribution is 2.61. The Morgan fingerprint density at radius 3 is 2.74 bits per heavy atom. The van der Waals surface area contributed by atoms with Crippen molar-refractivity contribution in [3.05, 3.63) is 23.3 Å². The van der Waals surface area contributed by atoms with Gasteiger partial charge in [0.2, 0.25) is 0 Å². The zero-order chi connectivity index (χ0) is 16.7. The number of aliphatic hydroxyl groups is 1. The minimum Gasteiger partial charge on any atom is -0.458 e. The summed E-state index contributed by atoms with van der Waals surface area (Å²) in [5, 5.41) is 9.83.